The number of anilines is 1. The number of ether oxygens (including phenoxy) is 2. The van der Waals surface area contributed by atoms with Crippen molar-refractivity contribution in [1.29, 1.82) is 0 Å². The molecular formula is C18H22N2O5. The number of rotatable bonds is 7. The van der Waals surface area contributed by atoms with Crippen LogP contribution in [0.2, 0.25) is 0 Å². The number of aromatic nitrogens is 1. The summed E-state index contributed by atoms with van der Waals surface area (Å²) in [5.41, 5.74) is -0.0331. The van der Waals surface area contributed by atoms with Crippen molar-refractivity contribution in [3.63, 3.8) is 0 Å². The molecule has 0 saturated heterocycles. The van der Waals surface area contributed by atoms with E-state index in [9.17, 15) is 9.59 Å². The SMILES string of the molecule is CCC(C)(C(C)=O)c1cc(NC(=O)c2c(OC)cccc2OC)on1. The Morgan fingerprint density at radius 2 is 1.84 bits per heavy atom. The highest BCUT2D eigenvalue weighted by Gasteiger charge is 2.34. The minimum atomic E-state index is -0.755. The molecule has 1 N–H and O–H groups in total. The van der Waals surface area contributed by atoms with Crippen LogP contribution in [0.1, 0.15) is 43.2 Å². The van der Waals surface area contributed by atoms with E-state index in [0.717, 1.165) is 0 Å². The van der Waals surface area contributed by atoms with E-state index in [4.69, 9.17) is 14.0 Å². The predicted molar refractivity (Wildman–Crippen MR) is 92.3 cm³/mol. The lowest BCUT2D eigenvalue weighted by atomic mass is 9.80. The molecule has 1 unspecified atom stereocenters. The summed E-state index contributed by atoms with van der Waals surface area (Å²) >= 11 is 0. The van der Waals surface area contributed by atoms with E-state index in [0.29, 0.717) is 23.6 Å². The van der Waals surface area contributed by atoms with E-state index in [2.05, 4.69) is 10.5 Å². The highest BCUT2D eigenvalue weighted by atomic mass is 16.5. The molecule has 2 rings (SSSR count). The molecule has 0 radical (unpaired) electrons. The Morgan fingerprint density at radius 3 is 2.32 bits per heavy atom. The Balaban J connectivity index is 2.30. The number of hydrogen-bond acceptors (Lipinski definition) is 6. The Morgan fingerprint density at radius 1 is 1.24 bits per heavy atom. The van der Waals surface area contributed by atoms with Crippen LogP contribution < -0.4 is 14.8 Å². The first-order valence-electron chi connectivity index (χ1n) is 7.88. The largest absolute Gasteiger partial charge is 0.496 e. The van der Waals surface area contributed by atoms with E-state index >= 15 is 0 Å². The summed E-state index contributed by atoms with van der Waals surface area (Å²) in [6, 6.07) is 6.60. The van der Waals surface area contributed by atoms with Crippen LogP contribution >= 0.6 is 0 Å². The molecule has 1 amide bonds. The van der Waals surface area contributed by atoms with Crippen LogP contribution in [0.4, 0.5) is 5.88 Å². The first-order valence-corrected chi connectivity index (χ1v) is 7.88. The van der Waals surface area contributed by atoms with Crippen LogP contribution in [-0.4, -0.2) is 31.1 Å². The third-order valence-corrected chi connectivity index (χ3v) is 4.45. The first kappa shape index (κ1) is 18.5. The molecule has 134 valence electrons. The Bertz CT molecular complexity index is 761. The molecule has 25 heavy (non-hydrogen) atoms. The predicted octanol–water partition coefficient (Wildman–Crippen LogP) is 3.20. The number of carbonyl (C=O) groups excluding carboxylic acids is 2. The summed E-state index contributed by atoms with van der Waals surface area (Å²) in [6.07, 6.45) is 0.572. The van der Waals surface area contributed by atoms with Crippen LogP contribution in [-0.2, 0) is 10.2 Å². The van der Waals surface area contributed by atoms with Gasteiger partial charge in [0.2, 0.25) is 5.88 Å². The van der Waals surface area contributed by atoms with Crippen LogP contribution in [0.5, 0.6) is 11.5 Å². The molecule has 0 aliphatic rings. The molecule has 1 atom stereocenters. The smallest absolute Gasteiger partial charge is 0.265 e. The Kier molecular flexibility index (Phi) is 5.46. The number of nitrogens with one attached hydrogen (secondary N) is 1. The lowest BCUT2D eigenvalue weighted by Gasteiger charge is -2.21. The van der Waals surface area contributed by atoms with Gasteiger partial charge in [0.05, 0.1) is 25.3 Å². The summed E-state index contributed by atoms with van der Waals surface area (Å²) < 4.78 is 15.6. The number of nitrogens with zero attached hydrogens (tertiary/aromatic N) is 1. The minimum absolute atomic E-state index is 0.0208. The van der Waals surface area contributed by atoms with Gasteiger partial charge in [-0.1, -0.05) is 18.1 Å². The first-order chi connectivity index (χ1) is 11.9. The highest BCUT2D eigenvalue weighted by Crippen LogP contribution is 2.31. The van der Waals surface area contributed by atoms with Gasteiger partial charge in [-0.15, -0.1) is 0 Å². The second-order valence-electron chi connectivity index (χ2n) is 5.81. The molecule has 7 nitrogen and oxygen atoms in total. The molecule has 0 spiro atoms. The molecule has 0 fully saturated rings. The van der Waals surface area contributed by atoms with Crippen molar-refractivity contribution < 1.29 is 23.6 Å². The van der Waals surface area contributed by atoms with Crippen LogP contribution in [0.25, 0.3) is 0 Å². The fourth-order valence-corrected chi connectivity index (χ4v) is 2.45. The Hall–Kier alpha value is -2.83. The summed E-state index contributed by atoms with van der Waals surface area (Å²) in [6.45, 7) is 5.20. The van der Waals surface area contributed by atoms with Gasteiger partial charge >= 0.3 is 0 Å². The fourth-order valence-electron chi connectivity index (χ4n) is 2.45. The lowest BCUT2D eigenvalue weighted by Crippen LogP contribution is -2.30. The average molecular weight is 346 g/mol. The third-order valence-electron chi connectivity index (χ3n) is 4.45. The van der Waals surface area contributed by atoms with Crippen molar-refractivity contribution in [3.05, 3.63) is 35.5 Å². The second-order valence-corrected chi connectivity index (χ2v) is 5.81. The van der Waals surface area contributed by atoms with E-state index in [1.54, 1.807) is 31.2 Å². The third kappa shape index (κ3) is 3.50. The van der Waals surface area contributed by atoms with Gasteiger partial charge in [-0.2, -0.15) is 0 Å². The number of carbonyl (C=O) groups is 2. The van der Waals surface area contributed by atoms with Gasteiger partial charge in [0.25, 0.3) is 5.91 Å². The maximum Gasteiger partial charge on any atom is 0.265 e. The van der Waals surface area contributed by atoms with Crippen LogP contribution in [0, 0.1) is 0 Å². The number of ketones is 1. The van der Waals surface area contributed by atoms with Crippen molar-refractivity contribution in [2.75, 3.05) is 19.5 Å². The quantitative estimate of drug-likeness (QED) is 0.828. The molecule has 1 aromatic carbocycles. The molecule has 2 aromatic rings. The molecule has 0 aliphatic heterocycles. The van der Waals surface area contributed by atoms with Gasteiger partial charge < -0.3 is 14.0 Å². The standard InChI is InChI=1S/C18H22N2O5/c1-6-18(3,11(2)21)14-10-15(25-20-14)19-17(22)16-12(23-4)8-7-9-13(16)24-5/h7-10H,6H2,1-5H3,(H,19,22). The number of benzene rings is 1. The van der Waals surface area contributed by atoms with Crippen LogP contribution in [0.3, 0.4) is 0 Å². The number of hydrogen-bond donors (Lipinski definition) is 1. The molecule has 0 aliphatic carbocycles. The van der Waals surface area contributed by atoms with E-state index in [-0.39, 0.29) is 17.2 Å². The van der Waals surface area contributed by atoms with Gasteiger partial charge in [0.1, 0.15) is 22.8 Å². The van der Waals surface area contributed by atoms with Gasteiger partial charge in [-0.25, -0.2) is 0 Å². The normalized spacial score (nSPS) is 13.0. The molecule has 7 heteroatoms. The zero-order chi connectivity index (χ0) is 18.6. The maximum absolute atomic E-state index is 12.6. The minimum Gasteiger partial charge on any atom is -0.496 e. The van der Waals surface area contributed by atoms with Crippen molar-refractivity contribution in [2.45, 2.75) is 32.6 Å². The van der Waals surface area contributed by atoms with Crippen molar-refractivity contribution in [2.24, 2.45) is 0 Å². The monoisotopic (exact) mass is 346 g/mol. The maximum atomic E-state index is 12.6. The van der Waals surface area contributed by atoms with E-state index in [1.165, 1.54) is 21.1 Å². The Labute approximate surface area is 146 Å². The van der Waals surface area contributed by atoms with Gasteiger partial charge in [-0.3, -0.25) is 14.9 Å². The molecule has 0 bridgehead atoms. The van der Waals surface area contributed by atoms with E-state index < -0.39 is 11.3 Å². The summed E-state index contributed by atoms with van der Waals surface area (Å²) in [5.74, 6) is 0.414. The van der Waals surface area contributed by atoms with Gasteiger partial charge in [0, 0.05) is 6.07 Å². The molecule has 1 heterocycles. The highest BCUT2D eigenvalue weighted by molar-refractivity contribution is 6.07. The summed E-state index contributed by atoms with van der Waals surface area (Å²) in [5, 5.41) is 6.56. The zero-order valence-electron chi connectivity index (χ0n) is 15.0. The van der Waals surface area contributed by atoms with Crippen LogP contribution in [0.15, 0.2) is 28.8 Å². The molecule has 1 aromatic heterocycles. The topological polar surface area (TPSA) is 90.7 Å². The molecule has 0 saturated carbocycles. The van der Waals surface area contributed by atoms with Gasteiger partial charge in [0.15, 0.2) is 0 Å². The number of amides is 1. The number of Topliss-reactive ketones (excluding diaryl/α,β-unsaturated/α-hetero) is 1. The van der Waals surface area contributed by atoms with Gasteiger partial charge in [-0.05, 0) is 32.4 Å². The van der Waals surface area contributed by atoms with E-state index in [1.807, 2.05) is 6.92 Å². The fraction of sp³-hybridized carbons (Fsp3) is 0.389. The van der Waals surface area contributed by atoms with Crippen molar-refractivity contribution in [1.82, 2.24) is 5.16 Å². The van der Waals surface area contributed by atoms with Crippen molar-refractivity contribution in [3.8, 4) is 11.5 Å². The summed E-state index contributed by atoms with van der Waals surface area (Å²) in [4.78, 5) is 24.5. The lowest BCUT2D eigenvalue weighted by molar-refractivity contribution is -0.122. The average Bonchev–Trinajstić information content (AvgIpc) is 3.08. The summed E-state index contributed by atoms with van der Waals surface area (Å²) in [7, 11) is 2.94. The molecular weight excluding hydrogens is 324 g/mol. The van der Waals surface area contributed by atoms with Crippen molar-refractivity contribution >= 4 is 17.6 Å². The zero-order valence-corrected chi connectivity index (χ0v) is 15.0. The number of methoxy groups -OCH3 is 2. The second kappa shape index (κ2) is 7.38.